The summed E-state index contributed by atoms with van der Waals surface area (Å²) in [6.07, 6.45) is 1.95. The van der Waals surface area contributed by atoms with Crippen LogP contribution in [0.1, 0.15) is 5.56 Å². The van der Waals surface area contributed by atoms with Crippen molar-refractivity contribution >= 4 is 23.8 Å². The normalized spacial score (nSPS) is 11.6. The van der Waals surface area contributed by atoms with Crippen molar-refractivity contribution in [3.8, 4) is 0 Å². The summed E-state index contributed by atoms with van der Waals surface area (Å²) in [5.41, 5.74) is 1.05. The molecule has 0 spiro atoms. The molecule has 0 amide bonds. The van der Waals surface area contributed by atoms with Crippen molar-refractivity contribution in [2.45, 2.75) is 0 Å². The Bertz CT molecular complexity index is 749. The molecule has 0 aliphatic heterocycles. The smallest absolute Gasteiger partial charge is 0.164 e. The lowest BCUT2D eigenvalue weighted by molar-refractivity contribution is 0.592. The van der Waals surface area contributed by atoms with Crippen molar-refractivity contribution in [1.82, 2.24) is 0 Å². The van der Waals surface area contributed by atoms with Crippen LogP contribution in [0, 0.1) is 0 Å². The van der Waals surface area contributed by atoms with Crippen molar-refractivity contribution in [1.29, 1.82) is 0 Å². The van der Waals surface area contributed by atoms with Gasteiger partial charge < -0.3 is 4.57 Å². The van der Waals surface area contributed by atoms with Crippen LogP contribution in [0.4, 0.5) is 0 Å². The Labute approximate surface area is 131 Å². The van der Waals surface area contributed by atoms with Crippen molar-refractivity contribution < 1.29 is 4.57 Å². The molecule has 0 aliphatic rings. The molecule has 2 heteroatoms. The molecule has 0 aromatic heterocycles. The molecule has 3 aromatic carbocycles. The van der Waals surface area contributed by atoms with E-state index in [0.717, 1.165) is 16.2 Å². The Balaban J connectivity index is 2.09. The van der Waals surface area contributed by atoms with Crippen molar-refractivity contribution in [2.24, 2.45) is 0 Å². The van der Waals surface area contributed by atoms with Crippen molar-refractivity contribution in [2.75, 3.05) is 0 Å². The summed E-state index contributed by atoms with van der Waals surface area (Å²) in [6.45, 7) is 0. The fourth-order valence-electron chi connectivity index (χ4n) is 2.38. The van der Waals surface area contributed by atoms with Gasteiger partial charge in [-0.15, -0.1) is 0 Å². The van der Waals surface area contributed by atoms with Gasteiger partial charge in [0.2, 0.25) is 0 Å². The van der Waals surface area contributed by atoms with E-state index in [0.29, 0.717) is 0 Å². The molecular weight excluding hydrogens is 287 g/mol. The van der Waals surface area contributed by atoms with Crippen LogP contribution in [0.15, 0.2) is 96.8 Å². The van der Waals surface area contributed by atoms with Gasteiger partial charge in [0.1, 0.15) is 0 Å². The maximum Gasteiger partial charge on any atom is 0.164 e. The minimum atomic E-state index is -2.77. The topological polar surface area (TPSA) is 17.1 Å². The van der Waals surface area contributed by atoms with Gasteiger partial charge in [0.05, 0.1) is 0 Å². The molecule has 0 unspecified atom stereocenters. The van der Waals surface area contributed by atoms with Gasteiger partial charge in [-0.2, -0.15) is 0 Å². The van der Waals surface area contributed by atoms with E-state index >= 15 is 0 Å². The lowest BCUT2D eigenvalue weighted by Crippen LogP contribution is -2.13. The number of benzene rings is 3. The van der Waals surface area contributed by atoms with E-state index in [9.17, 15) is 4.57 Å². The van der Waals surface area contributed by atoms with E-state index in [4.69, 9.17) is 0 Å². The van der Waals surface area contributed by atoms with Crippen molar-refractivity contribution in [3.05, 3.63) is 102 Å². The molecule has 108 valence electrons. The number of hydrogen-bond acceptors (Lipinski definition) is 1. The van der Waals surface area contributed by atoms with Crippen LogP contribution in [0.2, 0.25) is 0 Å². The van der Waals surface area contributed by atoms with Gasteiger partial charge in [-0.25, -0.2) is 0 Å². The summed E-state index contributed by atoms with van der Waals surface area (Å²) in [5, 5.41) is 1.71. The van der Waals surface area contributed by atoms with E-state index in [2.05, 4.69) is 0 Å². The zero-order chi connectivity index (χ0) is 15.3. The highest BCUT2D eigenvalue weighted by Crippen LogP contribution is 2.45. The molecule has 22 heavy (non-hydrogen) atoms. The van der Waals surface area contributed by atoms with E-state index in [1.807, 2.05) is 103 Å². The third-order valence-corrected chi connectivity index (χ3v) is 6.26. The second-order valence-corrected chi connectivity index (χ2v) is 7.70. The Morgan fingerprint density at radius 3 is 1.45 bits per heavy atom. The van der Waals surface area contributed by atoms with Gasteiger partial charge in [-0.1, -0.05) is 97.1 Å². The Morgan fingerprint density at radius 1 is 0.591 bits per heavy atom. The van der Waals surface area contributed by atoms with Crippen molar-refractivity contribution in [3.63, 3.8) is 0 Å². The molecular formula is C20H17OP. The van der Waals surface area contributed by atoms with E-state index in [-0.39, 0.29) is 0 Å². The fraction of sp³-hybridized carbons (Fsp3) is 0. The minimum absolute atomic E-state index is 0.855. The first-order chi connectivity index (χ1) is 10.8. The Hall–Kier alpha value is -2.37. The SMILES string of the molecule is O=P(/C=C/c1ccccc1)(c1ccccc1)c1ccccc1. The largest absolute Gasteiger partial charge is 0.309 e. The quantitative estimate of drug-likeness (QED) is 0.640. The molecule has 3 aromatic rings. The highest BCUT2D eigenvalue weighted by molar-refractivity contribution is 7.81. The molecule has 0 atom stereocenters. The van der Waals surface area contributed by atoms with Crippen LogP contribution in [0.3, 0.4) is 0 Å². The Kier molecular flexibility index (Phi) is 4.37. The summed E-state index contributed by atoms with van der Waals surface area (Å²) in [7, 11) is -2.77. The third-order valence-electron chi connectivity index (χ3n) is 3.56. The monoisotopic (exact) mass is 304 g/mol. The van der Waals surface area contributed by atoms with Crippen LogP contribution in [0.5, 0.6) is 0 Å². The zero-order valence-corrected chi connectivity index (χ0v) is 13.1. The summed E-state index contributed by atoms with van der Waals surface area (Å²) < 4.78 is 13.7. The Morgan fingerprint density at radius 2 is 1.00 bits per heavy atom. The maximum absolute atomic E-state index is 13.7. The number of hydrogen-bond donors (Lipinski definition) is 0. The molecule has 0 heterocycles. The average molecular weight is 304 g/mol. The van der Waals surface area contributed by atoms with E-state index < -0.39 is 7.14 Å². The van der Waals surface area contributed by atoms with Crippen LogP contribution < -0.4 is 10.6 Å². The van der Waals surface area contributed by atoms with Gasteiger partial charge in [0.25, 0.3) is 0 Å². The summed E-state index contributed by atoms with van der Waals surface area (Å²) in [6, 6.07) is 29.3. The number of rotatable bonds is 4. The molecule has 0 N–H and O–H groups in total. The fourth-order valence-corrected chi connectivity index (χ4v) is 4.63. The van der Waals surface area contributed by atoms with E-state index in [1.165, 1.54) is 0 Å². The van der Waals surface area contributed by atoms with Crippen LogP contribution in [0.25, 0.3) is 6.08 Å². The lowest BCUT2D eigenvalue weighted by Gasteiger charge is -2.15. The van der Waals surface area contributed by atoms with Gasteiger partial charge in [-0.05, 0) is 11.4 Å². The van der Waals surface area contributed by atoms with E-state index in [1.54, 1.807) is 0 Å². The minimum Gasteiger partial charge on any atom is -0.309 e. The molecule has 0 aliphatic carbocycles. The van der Waals surface area contributed by atoms with Gasteiger partial charge in [0, 0.05) is 10.6 Å². The predicted molar refractivity (Wildman–Crippen MR) is 95.2 cm³/mol. The second-order valence-electron chi connectivity index (χ2n) is 5.06. The standard InChI is InChI=1S/C20H17OP/c21-22(19-12-6-2-7-13-19,20-14-8-3-9-15-20)17-16-18-10-4-1-5-11-18/h1-17H/b17-16+. The summed E-state index contributed by atoms with van der Waals surface area (Å²) >= 11 is 0. The third kappa shape index (κ3) is 3.10. The van der Waals surface area contributed by atoms with Crippen LogP contribution >= 0.6 is 7.14 Å². The molecule has 1 nitrogen and oxygen atoms in total. The molecule has 0 bridgehead atoms. The average Bonchev–Trinajstić information content (AvgIpc) is 2.62. The van der Waals surface area contributed by atoms with Gasteiger partial charge >= 0.3 is 0 Å². The highest BCUT2D eigenvalue weighted by Gasteiger charge is 2.23. The zero-order valence-electron chi connectivity index (χ0n) is 12.2. The predicted octanol–water partition coefficient (Wildman–Crippen LogP) is 4.67. The molecule has 0 radical (unpaired) electrons. The van der Waals surface area contributed by atoms with Crippen LogP contribution in [-0.4, -0.2) is 0 Å². The van der Waals surface area contributed by atoms with Gasteiger partial charge in [-0.3, -0.25) is 0 Å². The highest BCUT2D eigenvalue weighted by atomic mass is 31.2. The maximum atomic E-state index is 13.7. The molecule has 0 saturated heterocycles. The second kappa shape index (κ2) is 6.60. The van der Waals surface area contributed by atoms with Crippen LogP contribution in [-0.2, 0) is 4.57 Å². The summed E-state index contributed by atoms with van der Waals surface area (Å²) in [5.74, 6) is 1.85. The summed E-state index contributed by atoms with van der Waals surface area (Å²) in [4.78, 5) is 0. The lowest BCUT2D eigenvalue weighted by atomic mass is 10.2. The molecule has 3 rings (SSSR count). The molecule has 0 saturated carbocycles. The first-order valence-corrected chi connectivity index (χ1v) is 9.02. The molecule has 0 fully saturated rings. The van der Waals surface area contributed by atoms with Gasteiger partial charge in [0.15, 0.2) is 7.14 Å². The first kappa shape index (κ1) is 14.6. The first-order valence-electron chi connectivity index (χ1n) is 7.24.